The van der Waals surface area contributed by atoms with Crippen LogP contribution in [-0.2, 0) is 6.54 Å². The third-order valence-electron chi connectivity index (χ3n) is 1.79. The van der Waals surface area contributed by atoms with E-state index in [2.05, 4.69) is 21.4 Å². The summed E-state index contributed by atoms with van der Waals surface area (Å²) in [5.41, 5.74) is 0.603. The van der Waals surface area contributed by atoms with Gasteiger partial charge in [0.05, 0.1) is 18.2 Å². The first kappa shape index (κ1) is 9.62. The predicted octanol–water partition coefficient (Wildman–Crippen LogP) is 2.02. The molecule has 0 spiro atoms. The van der Waals surface area contributed by atoms with Gasteiger partial charge in [-0.25, -0.2) is 9.97 Å². The highest BCUT2D eigenvalue weighted by Gasteiger charge is 1.98. The standard InChI is InChI=1S/C10H8N4S/c11-6-8-1-2-12-9(5-8)14-7-10-13-3-4-15-10/h1-5H,7H2,(H,12,14). The normalized spacial score (nSPS) is 9.53. The fourth-order valence-corrected chi connectivity index (χ4v) is 1.66. The van der Waals surface area contributed by atoms with E-state index in [1.165, 1.54) is 0 Å². The van der Waals surface area contributed by atoms with E-state index in [0.29, 0.717) is 17.9 Å². The minimum Gasteiger partial charge on any atom is -0.364 e. The van der Waals surface area contributed by atoms with E-state index in [-0.39, 0.29) is 0 Å². The lowest BCUT2D eigenvalue weighted by Gasteiger charge is -2.02. The van der Waals surface area contributed by atoms with Gasteiger partial charge in [-0.1, -0.05) is 0 Å². The number of nitrogens with zero attached hydrogens (tertiary/aromatic N) is 3. The van der Waals surface area contributed by atoms with Crippen LogP contribution in [-0.4, -0.2) is 9.97 Å². The van der Waals surface area contributed by atoms with E-state index in [9.17, 15) is 0 Å². The monoisotopic (exact) mass is 216 g/mol. The SMILES string of the molecule is N#Cc1ccnc(NCc2nccs2)c1. The van der Waals surface area contributed by atoms with Crippen molar-refractivity contribution in [3.8, 4) is 6.07 Å². The number of hydrogen-bond donors (Lipinski definition) is 1. The molecule has 0 radical (unpaired) electrons. The molecule has 4 nitrogen and oxygen atoms in total. The molecule has 0 aliphatic heterocycles. The molecule has 0 saturated carbocycles. The van der Waals surface area contributed by atoms with Gasteiger partial charge in [0.15, 0.2) is 0 Å². The van der Waals surface area contributed by atoms with Crippen molar-refractivity contribution in [1.82, 2.24) is 9.97 Å². The van der Waals surface area contributed by atoms with E-state index >= 15 is 0 Å². The molecule has 0 bridgehead atoms. The van der Waals surface area contributed by atoms with Gasteiger partial charge in [-0.15, -0.1) is 11.3 Å². The van der Waals surface area contributed by atoms with Gasteiger partial charge in [-0.3, -0.25) is 0 Å². The van der Waals surface area contributed by atoms with Crippen molar-refractivity contribution in [3.63, 3.8) is 0 Å². The molecule has 0 aliphatic carbocycles. The van der Waals surface area contributed by atoms with E-state index in [4.69, 9.17) is 5.26 Å². The number of pyridine rings is 1. The molecular weight excluding hydrogens is 208 g/mol. The van der Waals surface area contributed by atoms with Crippen LogP contribution in [0.25, 0.3) is 0 Å². The second-order valence-electron chi connectivity index (χ2n) is 2.82. The summed E-state index contributed by atoms with van der Waals surface area (Å²) in [5, 5.41) is 14.7. The smallest absolute Gasteiger partial charge is 0.127 e. The lowest BCUT2D eigenvalue weighted by Crippen LogP contribution is -2.00. The van der Waals surface area contributed by atoms with Crippen molar-refractivity contribution < 1.29 is 0 Å². The third kappa shape index (κ3) is 2.51. The number of nitrogens with one attached hydrogen (secondary N) is 1. The maximum Gasteiger partial charge on any atom is 0.127 e. The van der Waals surface area contributed by atoms with E-state index in [0.717, 1.165) is 5.01 Å². The van der Waals surface area contributed by atoms with Crippen LogP contribution in [0.1, 0.15) is 10.6 Å². The van der Waals surface area contributed by atoms with Gasteiger partial charge in [-0.2, -0.15) is 5.26 Å². The molecule has 0 unspecified atom stereocenters. The number of rotatable bonds is 3. The Morgan fingerprint density at radius 3 is 3.07 bits per heavy atom. The van der Waals surface area contributed by atoms with Crippen molar-refractivity contribution in [2.75, 3.05) is 5.32 Å². The molecule has 2 aromatic rings. The minimum atomic E-state index is 0.603. The number of thiazole rings is 1. The molecule has 0 fully saturated rings. The molecule has 2 aromatic heterocycles. The minimum absolute atomic E-state index is 0.603. The van der Waals surface area contributed by atoms with Gasteiger partial charge >= 0.3 is 0 Å². The zero-order valence-electron chi connectivity index (χ0n) is 7.84. The summed E-state index contributed by atoms with van der Waals surface area (Å²) >= 11 is 1.59. The van der Waals surface area contributed by atoms with Crippen LogP contribution in [0.2, 0.25) is 0 Å². The number of nitriles is 1. The van der Waals surface area contributed by atoms with Gasteiger partial charge in [0, 0.05) is 17.8 Å². The predicted molar refractivity (Wildman–Crippen MR) is 58.4 cm³/mol. The summed E-state index contributed by atoms with van der Waals surface area (Å²) in [6.45, 7) is 0.638. The Kier molecular flexibility index (Phi) is 2.90. The maximum absolute atomic E-state index is 8.70. The van der Waals surface area contributed by atoms with Crippen molar-refractivity contribution in [2.45, 2.75) is 6.54 Å². The fourth-order valence-electron chi connectivity index (χ4n) is 1.10. The molecular formula is C10H8N4S. The Balaban J connectivity index is 2.02. The molecule has 15 heavy (non-hydrogen) atoms. The summed E-state index contributed by atoms with van der Waals surface area (Å²) in [6, 6.07) is 5.46. The fraction of sp³-hybridized carbons (Fsp3) is 0.100. The van der Waals surface area contributed by atoms with E-state index < -0.39 is 0 Å². The Morgan fingerprint density at radius 2 is 2.33 bits per heavy atom. The van der Waals surface area contributed by atoms with Crippen LogP contribution in [0, 0.1) is 11.3 Å². The third-order valence-corrected chi connectivity index (χ3v) is 2.57. The second kappa shape index (κ2) is 4.53. The van der Waals surface area contributed by atoms with Crippen molar-refractivity contribution >= 4 is 17.2 Å². The first-order valence-electron chi connectivity index (χ1n) is 4.37. The molecule has 2 rings (SSSR count). The van der Waals surface area contributed by atoms with Crippen molar-refractivity contribution in [1.29, 1.82) is 5.26 Å². The topological polar surface area (TPSA) is 61.6 Å². The first-order valence-corrected chi connectivity index (χ1v) is 5.25. The average Bonchev–Trinajstić information content (AvgIpc) is 2.79. The van der Waals surface area contributed by atoms with Crippen molar-refractivity contribution in [3.05, 3.63) is 40.5 Å². The van der Waals surface area contributed by atoms with E-state index in [1.54, 1.807) is 35.9 Å². The summed E-state index contributed by atoms with van der Waals surface area (Å²) in [7, 11) is 0. The number of hydrogen-bond acceptors (Lipinski definition) is 5. The van der Waals surface area contributed by atoms with Gasteiger partial charge in [0.25, 0.3) is 0 Å². The molecule has 0 aliphatic rings. The van der Waals surface area contributed by atoms with Crippen LogP contribution >= 0.6 is 11.3 Å². The van der Waals surface area contributed by atoms with Crippen LogP contribution in [0.4, 0.5) is 5.82 Å². The quantitative estimate of drug-likeness (QED) is 0.852. The number of aromatic nitrogens is 2. The van der Waals surface area contributed by atoms with Crippen LogP contribution in [0.15, 0.2) is 29.9 Å². The summed E-state index contributed by atoms with van der Waals surface area (Å²) in [6.07, 6.45) is 3.38. The summed E-state index contributed by atoms with van der Waals surface area (Å²) in [5.74, 6) is 0.698. The van der Waals surface area contributed by atoms with Crippen molar-refractivity contribution in [2.24, 2.45) is 0 Å². The average molecular weight is 216 g/mol. The van der Waals surface area contributed by atoms with Gasteiger partial charge in [0.2, 0.25) is 0 Å². The molecule has 0 aromatic carbocycles. The Bertz CT molecular complexity index is 472. The van der Waals surface area contributed by atoms with Crippen LogP contribution in [0.5, 0.6) is 0 Å². The van der Waals surface area contributed by atoms with Gasteiger partial charge < -0.3 is 5.32 Å². The molecule has 1 N–H and O–H groups in total. The maximum atomic E-state index is 8.70. The van der Waals surface area contributed by atoms with E-state index in [1.807, 2.05) is 5.38 Å². The zero-order valence-corrected chi connectivity index (χ0v) is 8.66. The molecule has 0 amide bonds. The molecule has 2 heterocycles. The van der Waals surface area contributed by atoms with Crippen LogP contribution < -0.4 is 5.32 Å². The summed E-state index contributed by atoms with van der Waals surface area (Å²) < 4.78 is 0. The lowest BCUT2D eigenvalue weighted by molar-refractivity contribution is 1.08. The Morgan fingerprint density at radius 1 is 1.40 bits per heavy atom. The van der Waals surface area contributed by atoms with Gasteiger partial charge in [0.1, 0.15) is 10.8 Å². The number of anilines is 1. The second-order valence-corrected chi connectivity index (χ2v) is 3.80. The zero-order chi connectivity index (χ0) is 10.5. The molecule has 5 heteroatoms. The Labute approximate surface area is 91.2 Å². The largest absolute Gasteiger partial charge is 0.364 e. The molecule has 0 atom stereocenters. The van der Waals surface area contributed by atoms with Crippen LogP contribution in [0.3, 0.4) is 0 Å². The lowest BCUT2D eigenvalue weighted by atomic mass is 10.3. The highest BCUT2D eigenvalue weighted by molar-refractivity contribution is 7.09. The summed E-state index contributed by atoms with van der Waals surface area (Å²) in [4.78, 5) is 8.24. The first-order chi connectivity index (χ1) is 7.38. The highest BCUT2D eigenvalue weighted by Crippen LogP contribution is 2.09. The Hall–Kier alpha value is -1.93. The molecule has 0 saturated heterocycles. The highest BCUT2D eigenvalue weighted by atomic mass is 32.1. The van der Waals surface area contributed by atoms with Gasteiger partial charge in [-0.05, 0) is 12.1 Å². The molecule has 74 valence electrons.